The zero-order chi connectivity index (χ0) is 11.7. The highest BCUT2D eigenvalue weighted by molar-refractivity contribution is 6.31. The Morgan fingerprint density at radius 1 is 1.38 bits per heavy atom. The predicted octanol–water partition coefficient (Wildman–Crippen LogP) is 2.61. The van der Waals surface area contributed by atoms with Gasteiger partial charge in [0.2, 0.25) is 0 Å². The van der Waals surface area contributed by atoms with Crippen molar-refractivity contribution < 1.29 is 4.79 Å². The predicted molar refractivity (Wildman–Crippen MR) is 62.8 cm³/mol. The highest BCUT2D eigenvalue weighted by atomic mass is 35.5. The number of benzene rings is 1. The molecular weight excluding hydrogens is 224 g/mol. The van der Waals surface area contributed by atoms with Gasteiger partial charge in [0, 0.05) is 23.8 Å². The Morgan fingerprint density at radius 3 is 2.69 bits per heavy atom. The van der Waals surface area contributed by atoms with Crippen LogP contribution in [0.25, 0.3) is 0 Å². The number of carbonyl (C=O) groups excluding carboxylic acids is 1. The highest BCUT2D eigenvalue weighted by Gasteiger charge is 2.11. The molecule has 0 bridgehead atoms. The Kier molecular flexibility index (Phi) is 2.79. The number of nitrogens with zero attached hydrogens (tertiary/aromatic N) is 2. The average molecular weight is 235 g/mol. The van der Waals surface area contributed by atoms with Gasteiger partial charge in [-0.05, 0) is 30.7 Å². The molecule has 0 N–H and O–H groups in total. The van der Waals surface area contributed by atoms with Crippen molar-refractivity contribution in [2.24, 2.45) is 7.05 Å². The molecule has 2 rings (SSSR count). The Labute approximate surface area is 98.7 Å². The first kappa shape index (κ1) is 10.9. The number of aromatic nitrogens is 2. The van der Waals surface area contributed by atoms with Gasteiger partial charge in [0.1, 0.15) is 0 Å². The van der Waals surface area contributed by atoms with Crippen LogP contribution in [0.2, 0.25) is 5.02 Å². The van der Waals surface area contributed by atoms with E-state index in [-0.39, 0.29) is 5.78 Å². The summed E-state index contributed by atoms with van der Waals surface area (Å²) in [5.41, 5.74) is 2.12. The molecule has 0 aliphatic carbocycles. The summed E-state index contributed by atoms with van der Waals surface area (Å²) in [6, 6.07) is 5.25. The number of hydrogen-bond donors (Lipinski definition) is 0. The van der Waals surface area contributed by atoms with Gasteiger partial charge >= 0.3 is 0 Å². The molecule has 3 nitrogen and oxygen atoms in total. The summed E-state index contributed by atoms with van der Waals surface area (Å²) >= 11 is 5.91. The maximum Gasteiger partial charge on any atom is 0.196 e. The van der Waals surface area contributed by atoms with Crippen LogP contribution in [-0.2, 0) is 7.05 Å². The number of aryl methyl sites for hydroxylation is 2. The van der Waals surface area contributed by atoms with E-state index in [1.807, 2.05) is 6.92 Å². The van der Waals surface area contributed by atoms with Crippen molar-refractivity contribution in [2.45, 2.75) is 6.92 Å². The van der Waals surface area contributed by atoms with Crippen molar-refractivity contribution in [2.75, 3.05) is 0 Å². The van der Waals surface area contributed by atoms with Crippen LogP contribution in [0.5, 0.6) is 0 Å². The van der Waals surface area contributed by atoms with Gasteiger partial charge in [-0.3, -0.25) is 9.48 Å². The Hall–Kier alpha value is -1.61. The molecule has 1 aromatic carbocycles. The Bertz CT molecular complexity index is 546. The number of rotatable bonds is 2. The molecule has 1 heterocycles. The van der Waals surface area contributed by atoms with Gasteiger partial charge in [-0.25, -0.2) is 0 Å². The first-order valence-corrected chi connectivity index (χ1v) is 5.25. The van der Waals surface area contributed by atoms with Crippen molar-refractivity contribution in [3.8, 4) is 0 Å². The second-order valence-corrected chi connectivity index (χ2v) is 4.10. The molecule has 0 aliphatic heterocycles. The topological polar surface area (TPSA) is 34.9 Å². The van der Waals surface area contributed by atoms with E-state index in [0.29, 0.717) is 16.1 Å². The van der Waals surface area contributed by atoms with Gasteiger partial charge in [0.15, 0.2) is 5.78 Å². The molecule has 0 fully saturated rings. The lowest BCUT2D eigenvalue weighted by Gasteiger charge is -2.01. The van der Waals surface area contributed by atoms with Crippen molar-refractivity contribution in [3.05, 3.63) is 52.3 Å². The fourth-order valence-electron chi connectivity index (χ4n) is 1.49. The maximum absolute atomic E-state index is 12.0. The molecule has 16 heavy (non-hydrogen) atoms. The highest BCUT2D eigenvalue weighted by Crippen LogP contribution is 2.18. The molecule has 0 saturated heterocycles. The second-order valence-electron chi connectivity index (χ2n) is 3.70. The van der Waals surface area contributed by atoms with Crippen LogP contribution < -0.4 is 0 Å². The lowest BCUT2D eigenvalue weighted by Crippen LogP contribution is -2.00. The van der Waals surface area contributed by atoms with Gasteiger partial charge in [0.05, 0.1) is 11.8 Å². The average Bonchev–Trinajstić information content (AvgIpc) is 2.68. The van der Waals surface area contributed by atoms with Crippen LogP contribution in [-0.4, -0.2) is 15.6 Å². The van der Waals surface area contributed by atoms with Crippen LogP contribution in [0, 0.1) is 6.92 Å². The minimum atomic E-state index is -0.0344. The van der Waals surface area contributed by atoms with Crippen LogP contribution in [0.4, 0.5) is 0 Å². The smallest absolute Gasteiger partial charge is 0.196 e. The van der Waals surface area contributed by atoms with Crippen molar-refractivity contribution in [1.82, 2.24) is 9.78 Å². The first-order chi connectivity index (χ1) is 7.58. The van der Waals surface area contributed by atoms with Crippen molar-refractivity contribution >= 4 is 17.4 Å². The molecule has 4 heteroatoms. The monoisotopic (exact) mass is 234 g/mol. The Morgan fingerprint density at radius 2 is 2.12 bits per heavy atom. The molecule has 2 aromatic rings. The maximum atomic E-state index is 12.0. The van der Waals surface area contributed by atoms with E-state index < -0.39 is 0 Å². The summed E-state index contributed by atoms with van der Waals surface area (Å²) in [5, 5.41) is 4.64. The minimum absolute atomic E-state index is 0.0344. The normalized spacial score (nSPS) is 10.4. The summed E-state index contributed by atoms with van der Waals surface area (Å²) in [6.07, 6.45) is 3.26. The minimum Gasteiger partial charge on any atom is -0.288 e. The number of halogens is 1. The molecular formula is C12H11ClN2O. The number of ketones is 1. The zero-order valence-corrected chi connectivity index (χ0v) is 9.82. The van der Waals surface area contributed by atoms with Gasteiger partial charge in [0.25, 0.3) is 0 Å². The van der Waals surface area contributed by atoms with Crippen molar-refractivity contribution in [3.63, 3.8) is 0 Å². The standard InChI is InChI=1S/C12H11ClN2O/c1-8-5-9(3-4-11(8)13)12(16)10-6-14-15(2)7-10/h3-7H,1-2H3. The Balaban J connectivity index is 2.38. The van der Waals surface area contributed by atoms with E-state index in [0.717, 1.165) is 5.56 Å². The van der Waals surface area contributed by atoms with E-state index in [9.17, 15) is 4.79 Å². The largest absolute Gasteiger partial charge is 0.288 e. The molecule has 0 spiro atoms. The fourth-order valence-corrected chi connectivity index (χ4v) is 1.61. The van der Waals surface area contributed by atoms with E-state index in [1.165, 1.54) is 0 Å². The van der Waals surface area contributed by atoms with Crippen LogP contribution >= 0.6 is 11.6 Å². The molecule has 0 amide bonds. The van der Waals surface area contributed by atoms with E-state index in [2.05, 4.69) is 5.10 Å². The molecule has 0 saturated carbocycles. The fraction of sp³-hybridized carbons (Fsp3) is 0.167. The van der Waals surface area contributed by atoms with Crippen LogP contribution in [0.3, 0.4) is 0 Å². The van der Waals surface area contributed by atoms with Gasteiger partial charge < -0.3 is 0 Å². The number of hydrogen-bond acceptors (Lipinski definition) is 2. The van der Waals surface area contributed by atoms with Gasteiger partial charge in [-0.1, -0.05) is 11.6 Å². The lowest BCUT2D eigenvalue weighted by molar-refractivity contribution is 0.103. The molecule has 0 radical (unpaired) electrons. The second kappa shape index (κ2) is 4.10. The lowest BCUT2D eigenvalue weighted by atomic mass is 10.0. The van der Waals surface area contributed by atoms with Crippen LogP contribution in [0.1, 0.15) is 21.5 Å². The summed E-state index contributed by atoms with van der Waals surface area (Å²) in [7, 11) is 1.78. The van der Waals surface area contributed by atoms with Gasteiger partial charge in [-0.15, -0.1) is 0 Å². The van der Waals surface area contributed by atoms with E-state index in [1.54, 1.807) is 42.3 Å². The molecule has 0 aliphatic rings. The third-order valence-electron chi connectivity index (χ3n) is 2.39. The third kappa shape index (κ3) is 1.99. The third-order valence-corrected chi connectivity index (χ3v) is 2.81. The molecule has 82 valence electrons. The summed E-state index contributed by atoms with van der Waals surface area (Å²) in [6.45, 7) is 1.88. The summed E-state index contributed by atoms with van der Waals surface area (Å²) in [4.78, 5) is 12.0. The van der Waals surface area contributed by atoms with Gasteiger partial charge in [-0.2, -0.15) is 5.10 Å². The molecule has 1 aromatic heterocycles. The SMILES string of the molecule is Cc1cc(C(=O)c2cnn(C)c2)ccc1Cl. The summed E-state index contributed by atoms with van der Waals surface area (Å²) in [5.74, 6) is -0.0344. The van der Waals surface area contributed by atoms with Crippen molar-refractivity contribution in [1.29, 1.82) is 0 Å². The quantitative estimate of drug-likeness (QED) is 0.749. The molecule has 0 unspecified atom stereocenters. The van der Waals surface area contributed by atoms with E-state index in [4.69, 9.17) is 11.6 Å². The van der Waals surface area contributed by atoms with E-state index >= 15 is 0 Å². The molecule has 0 atom stereocenters. The summed E-state index contributed by atoms with van der Waals surface area (Å²) < 4.78 is 1.61. The van der Waals surface area contributed by atoms with Crippen LogP contribution in [0.15, 0.2) is 30.6 Å². The number of carbonyl (C=O) groups is 1. The first-order valence-electron chi connectivity index (χ1n) is 4.87. The zero-order valence-electron chi connectivity index (χ0n) is 9.07.